The molecule has 17 rings (SSSR count). The van der Waals surface area contributed by atoms with Gasteiger partial charge in [0.05, 0.1) is 56.7 Å². The van der Waals surface area contributed by atoms with Crippen molar-refractivity contribution in [1.82, 2.24) is 14.1 Å². The molecule has 0 spiro atoms. The highest BCUT2D eigenvalue weighted by molar-refractivity contribution is 6.38. The Morgan fingerprint density at radius 3 is 1.72 bits per heavy atom. The van der Waals surface area contributed by atoms with E-state index in [0.717, 1.165) is 83.9 Å². The molecular weight excluding hydrogens is 869 g/mol. The van der Waals surface area contributed by atoms with Crippen LogP contribution in [0.2, 0.25) is 0 Å². The highest BCUT2D eigenvalue weighted by atomic mass is 16.5. The first-order valence-corrected chi connectivity index (χ1v) is 24.2. The first kappa shape index (κ1) is 37.3. The predicted molar refractivity (Wildman–Crippen MR) is 294 cm³/mol. The average Bonchev–Trinajstić information content (AvgIpc) is 3.75. The Morgan fingerprint density at radius 2 is 0.958 bits per heavy atom. The number of hydrogen-bond acceptors (Lipinski definition) is 4. The van der Waals surface area contributed by atoms with Crippen LogP contribution < -0.4 is 9.64 Å². The molecule has 0 amide bonds. The van der Waals surface area contributed by atoms with Crippen LogP contribution in [-0.2, 0) is 0 Å². The number of benzene rings is 13. The summed E-state index contributed by atoms with van der Waals surface area (Å²) < 4.78 is 18.4. The molecule has 6 nitrogen and oxygen atoms in total. The van der Waals surface area contributed by atoms with Crippen molar-refractivity contribution in [2.45, 2.75) is 0 Å². The summed E-state index contributed by atoms with van der Waals surface area (Å²) in [7, 11) is 0. The van der Waals surface area contributed by atoms with E-state index in [0.29, 0.717) is 0 Å². The molecule has 0 saturated carbocycles. The fourth-order valence-electron chi connectivity index (χ4n) is 12.6. The van der Waals surface area contributed by atoms with Gasteiger partial charge in [0, 0.05) is 27.7 Å². The molecule has 0 N–H and O–H groups in total. The Labute approximate surface area is 404 Å². The van der Waals surface area contributed by atoms with Crippen LogP contribution in [0, 0.1) is 0 Å². The number of ether oxygens (including phenoxy) is 1. The lowest BCUT2D eigenvalue weighted by atomic mass is 9.88. The zero-order valence-electron chi connectivity index (χ0n) is 37.9. The second kappa shape index (κ2) is 13.5. The highest BCUT2D eigenvalue weighted by Gasteiger charge is 2.28. The van der Waals surface area contributed by atoms with Crippen molar-refractivity contribution in [2.24, 2.45) is 0 Å². The Balaban J connectivity index is 0.987. The second-order valence-electron chi connectivity index (χ2n) is 19.0. The van der Waals surface area contributed by atoms with E-state index in [-0.39, 0.29) is 0 Å². The van der Waals surface area contributed by atoms with Gasteiger partial charge in [-0.2, -0.15) is 0 Å². The minimum atomic E-state index is 0.801. The van der Waals surface area contributed by atoms with E-state index >= 15 is 0 Å². The lowest BCUT2D eigenvalue weighted by Gasteiger charge is -2.33. The Kier molecular flexibility index (Phi) is 7.12. The molecule has 0 fully saturated rings. The number of anilines is 3. The normalized spacial score (nSPS) is 12.9. The Hall–Kier alpha value is -9.65. The number of pyridine rings is 1. The molecule has 71 heavy (non-hydrogen) atoms. The molecular formula is C65H36N4O2. The smallest absolute Gasteiger partial charge is 0.152 e. The summed E-state index contributed by atoms with van der Waals surface area (Å²) in [5.74, 6) is 1.67. The standard InChI is InChI=1S/C65H36N4O2/c1-4-21-57-51(18-1)68(52-19-2-5-22-58(52)70-57)49-30-26-38-25-29-45-50(31-27-39-24-28-44(49)62(38)63(39)45)69-53-20-3-6-23-59(53)71-60-34-48-54(35-55(60)69)67(40-13-10-32-66-36-40)56-33-47-43-15-8-12-37-11-7-14-41(61(37)43)42-16-9-17-46(64(42)47)65(48)56/h1-36H. The van der Waals surface area contributed by atoms with Crippen molar-refractivity contribution in [1.29, 1.82) is 0 Å². The molecule has 1 aliphatic rings. The largest absolute Gasteiger partial charge is 0.453 e. The van der Waals surface area contributed by atoms with E-state index in [1.54, 1.807) is 0 Å². The fraction of sp³-hybridized carbons (Fsp3) is 0. The zero-order chi connectivity index (χ0) is 46.1. The third-order valence-electron chi connectivity index (χ3n) is 15.5. The molecule has 0 radical (unpaired) electrons. The van der Waals surface area contributed by atoms with Crippen LogP contribution in [-0.4, -0.2) is 14.1 Å². The molecule has 3 aromatic heterocycles. The van der Waals surface area contributed by atoms with Gasteiger partial charge < -0.3 is 23.2 Å². The van der Waals surface area contributed by atoms with Gasteiger partial charge in [0.2, 0.25) is 0 Å². The summed E-state index contributed by atoms with van der Waals surface area (Å²) >= 11 is 0. The lowest BCUT2D eigenvalue weighted by molar-refractivity contribution is 0.477. The molecule has 0 atom stereocenters. The van der Waals surface area contributed by atoms with E-state index in [1.807, 2.05) is 30.6 Å². The van der Waals surface area contributed by atoms with Gasteiger partial charge in [-0.15, -0.1) is 0 Å². The van der Waals surface area contributed by atoms with E-state index in [2.05, 4.69) is 202 Å². The van der Waals surface area contributed by atoms with Crippen LogP contribution in [0.15, 0.2) is 223 Å². The molecule has 0 saturated heterocycles. The molecule has 6 heteroatoms. The van der Waals surface area contributed by atoms with Crippen molar-refractivity contribution in [3.8, 4) is 22.9 Å². The summed E-state index contributed by atoms with van der Waals surface area (Å²) in [6.07, 6.45) is 3.83. The summed E-state index contributed by atoms with van der Waals surface area (Å²) in [6, 6.07) is 74.9. The lowest BCUT2D eigenvalue weighted by Crippen LogP contribution is -2.16. The van der Waals surface area contributed by atoms with Gasteiger partial charge in [-0.25, -0.2) is 0 Å². The van der Waals surface area contributed by atoms with Crippen LogP contribution in [0.5, 0.6) is 11.5 Å². The summed E-state index contributed by atoms with van der Waals surface area (Å²) in [5.41, 5.74) is 11.0. The fourth-order valence-corrected chi connectivity index (χ4v) is 12.6. The molecule has 1 aliphatic heterocycles. The second-order valence-corrected chi connectivity index (χ2v) is 19.0. The average molecular weight is 905 g/mol. The van der Waals surface area contributed by atoms with Crippen molar-refractivity contribution in [3.63, 3.8) is 0 Å². The van der Waals surface area contributed by atoms with Crippen LogP contribution in [0.25, 0.3) is 131 Å². The number of rotatable bonds is 3. The van der Waals surface area contributed by atoms with Crippen molar-refractivity contribution >= 4 is 136 Å². The van der Waals surface area contributed by atoms with E-state index in [4.69, 9.17) is 14.1 Å². The molecule has 4 heterocycles. The molecule has 0 bridgehead atoms. The minimum Gasteiger partial charge on any atom is -0.453 e. The van der Waals surface area contributed by atoms with E-state index in [9.17, 15) is 0 Å². The topological polar surface area (TPSA) is 48.4 Å². The first-order chi connectivity index (χ1) is 35.2. The maximum absolute atomic E-state index is 7.06. The summed E-state index contributed by atoms with van der Waals surface area (Å²) in [4.78, 5) is 7.05. The van der Waals surface area contributed by atoms with Crippen LogP contribution in [0.1, 0.15) is 0 Å². The SMILES string of the molecule is c1cncc(-n2c3cc4c(cc3c3c5cccc6c7cccc8cccc(c(cc32)c65)c87)oc2ccccc2n4-c2ccc3ccc4c(N5c6ccccc6Oc6ccccc65)ccc5ccc2c3c54)c1. The van der Waals surface area contributed by atoms with Crippen LogP contribution in [0.4, 0.5) is 17.1 Å². The molecule has 16 aromatic rings. The number of hydrogen-bond donors (Lipinski definition) is 0. The van der Waals surface area contributed by atoms with Gasteiger partial charge in [-0.1, -0.05) is 127 Å². The van der Waals surface area contributed by atoms with Gasteiger partial charge >= 0.3 is 0 Å². The highest BCUT2D eigenvalue weighted by Crippen LogP contribution is 2.53. The number of fused-ring (bicyclic) bond motifs is 10. The number of para-hydroxylation sites is 6. The van der Waals surface area contributed by atoms with Gasteiger partial charge in [-0.05, 0) is 143 Å². The Bertz CT molecular complexity index is 4930. The van der Waals surface area contributed by atoms with Gasteiger partial charge in [0.1, 0.15) is 0 Å². The first-order valence-electron chi connectivity index (χ1n) is 24.2. The minimum absolute atomic E-state index is 0.801. The molecule has 13 aromatic carbocycles. The molecule has 0 aliphatic carbocycles. The zero-order valence-corrected chi connectivity index (χ0v) is 37.9. The maximum atomic E-state index is 7.06. The quantitative estimate of drug-likeness (QED) is 0.131. The van der Waals surface area contributed by atoms with Crippen molar-refractivity contribution in [3.05, 3.63) is 219 Å². The Morgan fingerprint density at radius 1 is 0.324 bits per heavy atom. The summed E-state index contributed by atoms with van der Waals surface area (Å²) in [6.45, 7) is 0. The van der Waals surface area contributed by atoms with Crippen LogP contribution >= 0.6 is 0 Å². The van der Waals surface area contributed by atoms with Gasteiger partial charge in [-0.3, -0.25) is 4.98 Å². The third-order valence-corrected chi connectivity index (χ3v) is 15.5. The summed E-state index contributed by atoms with van der Waals surface area (Å²) in [5, 5.41) is 19.6. The predicted octanol–water partition coefficient (Wildman–Crippen LogP) is 18.0. The number of aromatic nitrogens is 3. The number of nitrogens with zero attached hydrogens (tertiary/aromatic N) is 4. The van der Waals surface area contributed by atoms with Gasteiger partial charge in [0.25, 0.3) is 0 Å². The molecule has 0 unspecified atom stereocenters. The van der Waals surface area contributed by atoms with E-state index < -0.39 is 0 Å². The maximum Gasteiger partial charge on any atom is 0.152 e. The van der Waals surface area contributed by atoms with Crippen LogP contribution in [0.3, 0.4) is 0 Å². The van der Waals surface area contributed by atoms with E-state index in [1.165, 1.54) is 75.4 Å². The van der Waals surface area contributed by atoms with Crippen molar-refractivity contribution in [2.75, 3.05) is 4.90 Å². The van der Waals surface area contributed by atoms with Crippen molar-refractivity contribution < 1.29 is 9.15 Å². The van der Waals surface area contributed by atoms with Gasteiger partial charge in [0.15, 0.2) is 22.7 Å². The molecule has 328 valence electrons. The third kappa shape index (κ3) is 4.87. The monoisotopic (exact) mass is 904 g/mol.